The summed E-state index contributed by atoms with van der Waals surface area (Å²) in [6.45, 7) is 6.22. The number of aromatic nitrogens is 4. The lowest BCUT2D eigenvalue weighted by atomic mass is 9.84. The average molecular weight is 439 g/mol. The van der Waals surface area contributed by atoms with E-state index in [2.05, 4.69) is 16.7 Å². The number of fused-ring (bicyclic) bond motifs is 3. The number of nitrogens with zero attached hydrogens (tertiary/aromatic N) is 4. The van der Waals surface area contributed by atoms with Crippen LogP contribution in [0.3, 0.4) is 0 Å². The molecule has 1 aliphatic heterocycles. The third kappa shape index (κ3) is 3.72. The topological polar surface area (TPSA) is 72.9 Å². The Bertz CT molecular complexity index is 1270. The Kier molecular flexibility index (Phi) is 5.61. The van der Waals surface area contributed by atoms with Gasteiger partial charge in [-0.15, -0.1) is 0 Å². The Labute approximate surface area is 183 Å². The van der Waals surface area contributed by atoms with Crippen LogP contribution in [0.15, 0.2) is 83.9 Å². The van der Waals surface area contributed by atoms with Crippen LogP contribution in [0, 0.1) is 0 Å². The van der Waals surface area contributed by atoms with Gasteiger partial charge in [-0.3, -0.25) is 9.48 Å². The third-order valence-electron chi connectivity index (χ3n) is 5.37. The van der Waals surface area contributed by atoms with Crippen LogP contribution in [0.25, 0.3) is 11.5 Å². The summed E-state index contributed by atoms with van der Waals surface area (Å²) in [6, 6.07) is 6.93. The Morgan fingerprint density at radius 3 is 2.90 bits per heavy atom. The molecule has 1 aliphatic rings. The summed E-state index contributed by atoms with van der Waals surface area (Å²) in [5, 5.41) is 15.4. The first-order valence-corrected chi connectivity index (χ1v) is 10.1. The van der Waals surface area contributed by atoms with Crippen molar-refractivity contribution in [3.63, 3.8) is 0 Å². The summed E-state index contributed by atoms with van der Waals surface area (Å²) in [5.41, 5.74) is 1.01. The average Bonchev–Trinajstić information content (AvgIpc) is 3.24. The lowest BCUT2D eigenvalue weighted by Gasteiger charge is -2.35. The van der Waals surface area contributed by atoms with Gasteiger partial charge < -0.3 is 9.67 Å². The molecular weight excluding hydrogens is 419 g/mol. The van der Waals surface area contributed by atoms with Crippen LogP contribution in [0.1, 0.15) is 24.4 Å². The molecule has 0 fully saturated rings. The molecule has 31 heavy (non-hydrogen) atoms. The van der Waals surface area contributed by atoms with Crippen LogP contribution < -0.4 is 5.43 Å². The van der Waals surface area contributed by atoms with E-state index in [0.717, 1.165) is 11.8 Å². The molecule has 1 N–H and O–H groups in total. The monoisotopic (exact) mass is 438 g/mol. The fraction of sp³-hybridized carbons (Fsp3) is 0.174. The highest BCUT2D eigenvalue weighted by Gasteiger charge is 2.36. The van der Waals surface area contributed by atoms with Gasteiger partial charge in [0.2, 0.25) is 5.43 Å². The van der Waals surface area contributed by atoms with Crippen LogP contribution in [0.4, 0.5) is 4.39 Å². The van der Waals surface area contributed by atoms with Gasteiger partial charge in [-0.2, -0.15) is 5.10 Å². The summed E-state index contributed by atoms with van der Waals surface area (Å²) < 4.78 is 17.2. The molecule has 1 aromatic carbocycles. The fourth-order valence-electron chi connectivity index (χ4n) is 3.89. The van der Waals surface area contributed by atoms with Gasteiger partial charge in [0.05, 0.1) is 12.2 Å². The highest BCUT2D eigenvalue weighted by atomic mass is 35.5. The maximum atomic E-state index is 13.8. The van der Waals surface area contributed by atoms with Gasteiger partial charge >= 0.3 is 0 Å². The fourth-order valence-corrected chi connectivity index (χ4v) is 4.14. The molecule has 158 valence electrons. The SMILES string of the molecule is C=C(/C=C\C(F)=C/C)[C@@H](c1ccccc1Cl)[C@H]1Cn2ccnc2-c2c(O)c(=O)cnn21. The summed E-state index contributed by atoms with van der Waals surface area (Å²) in [5.74, 6) is -0.790. The lowest BCUT2D eigenvalue weighted by molar-refractivity contribution is 0.331. The van der Waals surface area contributed by atoms with Gasteiger partial charge in [-0.05, 0) is 30.2 Å². The summed E-state index contributed by atoms with van der Waals surface area (Å²) in [6.07, 6.45) is 8.74. The molecule has 0 saturated heterocycles. The van der Waals surface area contributed by atoms with E-state index in [0.29, 0.717) is 23.0 Å². The van der Waals surface area contributed by atoms with Crippen LogP contribution in [-0.4, -0.2) is 24.4 Å². The summed E-state index contributed by atoms with van der Waals surface area (Å²) >= 11 is 6.54. The normalized spacial score (nSPS) is 16.7. The van der Waals surface area contributed by atoms with Crippen molar-refractivity contribution in [3.8, 4) is 17.3 Å². The van der Waals surface area contributed by atoms with Crippen molar-refractivity contribution in [1.29, 1.82) is 0 Å². The molecule has 0 bridgehead atoms. The van der Waals surface area contributed by atoms with E-state index in [4.69, 9.17) is 11.6 Å². The molecule has 0 saturated carbocycles. The van der Waals surface area contributed by atoms with Crippen molar-refractivity contribution in [2.24, 2.45) is 0 Å². The maximum absolute atomic E-state index is 13.8. The zero-order valence-electron chi connectivity index (χ0n) is 16.7. The molecule has 0 amide bonds. The van der Waals surface area contributed by atoms with E-state index < -0.39 is 23.1 Å². The van der Waals surface area contributed by atoms with Crippen molar-refractivity contribution in [2.45, 2.75) is 25.4 Å². The Balaban J connectivity index is 1.92. The molecule has 8 heteroatoms. The molecule has 0 unspecified atom stereocenters. The van der Waals surface area contributed by atoms with Crippen molar-refractivity contribution < 1.29 is 9.50 Å². The van der Waals surface area contributed by atoms with Crippen molar-refractivity contribution in [1.82, 2.24) is 19.3 Å². The van der Waals surface area contributed by atoms with Crippen molar-refractivity contribution in [2.75, 3.05) is 0 Å². The van der Waals surface area contributed by atoms with Crippen LogP contribution in [-0.2, 0) is 6.54 Å². The first-order chi connectivity index (χ1) is 14.9. The predicted octanol–water partition coefficient (Wildman–Crippen LogP) is 4.79. The molecule has 0 spiro atoms. The predicted molar refractivity (Wildman–Crippen MR) is 118 cm³/mol. The summed E-state index contributed by atoms with van der Waals surface area (Å²) in [7, 11) is 0. The molecule has 3 heterocycles. The second-order valence-corrected chi connectivity index (χ2v) is 7.61. The van der Waals surface area contributed by atoms with E-state index in [-0.39, 0.29) is 11.5 Å². The minimum absolute atomic E-state index is 0.224. The van der Waals surface area contributed by atoms with Gasteiger partial charge in [0, 0.05) is 29.9 Å². The maximum Gasteiger partial charge on any atom is 0.242 e. The zero-order chi connectivity index (χ0) is 22.1. The van der Waals surface area contributed by atoms with Crippen LogP contribution in [0.5, 0.6) is 5.75 Å². The second-order valence-electron chi connectivity index (χ2n) is 7.20. The number of allylic oxidation sites excluding steroid dienone is 5. The van der Waals surface area contributed by atoms with Gasteiger partial charge in [0.15, 0.2) is 11.6 Å². The van der Waals surface area contributed by atoms with E-state index in [1.165, 1.54) is 12.2 Å². The van der Waals surface area contributed by atoms with E-state index in [1.807, 2.05) is 22.8 Å². The molecule has 2 aromatic heterocycles. The van der Waals surface area contributed by atoms with E-state index in [1.54, 1.807) is 36.1 Å². The zero-order valence-corrected chi connectivity index (χ0v) is 17.5. The lowest BCUT2D eigenvalue weighted by Crippen LogP contribution is -2.32. The number of aromatic hydroxyl groups is 1. The number of hydrogen-bond acceptors (Lipinski definition) is 4. The van der Waals surface area contributed by atoms with E-state index in [9.17, 15) is 14.3 Å². The molecule has 3 aromatic rings. The summed E-state index contributed by atoms with van der Waals surface area (Å²) in [4.78, 5) is 16.4. The molecule has 0 aliphatic carbocycles. The number of benzene rings is 1. The highest BCUT2D eigenvalue weighted by molar-refractivity contribution is 6.31. The molecule has 6 nitrogen and oxygen atoms in total. The van der Waals surface area contributed by atoms with Gasteiger partial charge in [0.1, 0.15) is 11.5 Å². The largest absolute Gasteiger partial charge is 0.503 e. The standard InChI is InChI=1S/C23H20ClFN4O2/c1-3-15(25)9-8-14(2)20(16-6-4-5-7-17(16)24)18-13-28-11-10-26-23(28)21-22(31)19(30)12-27-29(18)21/h3-12,18,20,31H,2,13H2,1H3/b9-8-,15-3+/t18-,20+/m1/s1. The molecular formula is C23H20ClFN4O2. The minimum atomic E-state index is -0.593. The highest BCUT2D eigenvalue weighted by Crippen LogP contribution is 2.44. The van der Waals surface area contributed by atoms with Crippen molar-refractivity contribution >= 4 is 11.6 Å². The second kappa shape index (κ2) is 8.35. The van der Waals surface area contributed by atoms with Crippen LogP contribution >= 0.6 is 11.6 Å². The van der Waals surface area contributed by atoms with Crippen LogP contribution in [0.2, 0.25) is 5.02 Å². The first kappa shape index (κ1) is 20.8. The van der Waals surface area contributed by atoms with Gasteiger partial charge in [-0.25, -0.2) is 9.37 Å². The quantitative estimate of drug-likeness (QED) is 0.581. The Morgan fingerprint density at radius 2 is 2.16 bits per heavy atom. The number of hydrogen-bond donors (Lipinski definition) is 1. The number of rotatable bonds is 5. The Morgan fingerprint density at radius 1 is 1.39 bits per heavy atom. The third-order valence-corrected chi connectivity index (χ3v) is 5.71. The molecule has 0 radical (unpaired) electrons. The molecule has 4 rings (SSSR count). The smallest absolute Gasteiger partial charge is 0.242 e. The number of halogens is 2. The minimum Gasteiger partial charge on any atom is -0.503 e. The van der Waals surface area contributed by atoms with Gasteiger partial charge in [-0.1, -0.05) is 48.5 Å². The van der Waals surface area contributed by atoms with E-state index >= 15 is 0 Å². The first-order valence-electron chi connectivity index (χ1n) is 9.67. The number of imidazole rings is 1. The van der Waals surface area contributed by atoms with Gasteiger partial charge in [0.25, 0.3) is 0 Å². The Hall–Kier alpha value is -3.45. The van der Waals surface area contributed by atoms with Crippen molar-refractivity contribution in [3.05, 3.63) is 99.9 Å². The molecule has 2 atom stereocenters.